The van der Waals surface area contributed by atoms with Crippen molar-refractivity contribution in [2.75, 3.05) is 20.6 Å². The SMILES string of the molecule is CCCCC(C)C[NH+](C)C.Fc1c(F)c(F)c([B-](c2c(F)c(F)c(F)c(F)c2F)(c2c(F)c(F)c(F)c(F)c2F)c2c(F)c(F)c(F)c(F)c2F)c(F)c1F. The van der Waals surface area contributed by atoms with Gasteiger partial charge >= 0.3 is 0 Å². The van der Waals surface area contributed by atoms with Crippen molar-refractivity contribution in [2.45, 2.75) is 33.1 Å². The summed E-state index contributed by atoms with van der Waals surface area (Å²) in [7, 11) is 4.45. The van der Waals surface area contributed by atoms with E-state index in [4.69, 9.17) is 0 Å². The molecule has 0 aliphatic rings. The van der Waals surface area contributed by atoms with Gasteiger partial charge in [0.15, 0.2) is 69.8 Å². The lowest BCUT2D eigenvalue weighted by atomic mass is 9.12. The molecule has 22 heteroatoms. The Kier molecular flexibility index (Phi) is 13.6. The zero-order valence-electron chi connectivity index (χ0n) is 28.0. The first kappa shape index (κ1) is 44.9. The lowest BCUT2D eigenvalue weighted by Crippen LogP contribution is -3.06. The van der Waals surface area contributed by atoms with Crippen LogP contribution in [0, 0.1) is 122 Å². The van der Waals surface area contributed by atoms with E-state index in [-0.39, 0.29) is 0 Å². The van der Waals surface area contributed by atoms with E-state index >= 15 is 35.1 Å². The van der Waals surface area contributed by atoms with E-state index in [9.17, 15) is 52.7 Å². The Labute approximate surface area is 297 Å². The second kappa shape index (κ2) is 16.7. The van der Waals surface area contributed by atoms with E-state index in [0.717, 1.165) is 5.92 Å². The van der Waals surface area contributed by atoms with Crippen LogP contribution in [-0.4, -0.2) is 26.8 Å². The predicted octanol–water partition coefficient (Wildman–Crippen LogP) is 6.80. The molecule has 0 radical (unpaired) electrons. The van der Waals surface area contributed by atoms with Crippen LogP contribution >= 0.6 is 0 Å². The van der Waals surface area contributed by atoms with Crippen molar-refractivity contribution in [2.24, 2.45) is 5.92 Å². The first-order valence-electron chi connectivity index (χ1n) is 15.4. The molecule has 0 aliphatic carbocycles. The number of halogens is 20. The van der Waals surface area contributed by atoms with Gasteiger partial charge in [0, 0.05) is 5.92 Å². The summed E-state index contributed by atoms with van der Waals surface area (Å²) in [6.45, 7) is 5.93. The van der Waals surface area contributed by atoms with E-state index in [2.05, 4.69) is 27.9 Å². The van der Waals surface area contributed by atoms with Crippen LogP contribution < -0.4 is 26.8 Å². The second-order valence-corrected chi connectivity index (χ2v) is 12.5. The molecule has 1 N–H and O–H groups in total. The average Bonchev–Trinajstić information content (AvgIpc) is 3.13. The first-order valence-corrected chi connectivity index (χ1v) is 15.4. The summed E-state index contributed by atoms with van der Waals surface area (Å²) >= 11 is 0. The molecule has 0 amide bonds. The fourth-order valence-corrected chi connectivity index (χ4v) is 6.23. The maximum atomic E-state index is 15.4. The van der Waals surface area contributed by atoms with Crippen LogP contribution in [0.2, 0.25) is 0 Å². The molecule has 0 fully saturated rings. The second-order valence-electron chi connectivity index (χ2n) is 12.5. The van der Waals surface area contributed by atoms with Gasteiger partial charge in [0.05, 0.1) is 20.6 Å². The standard InChI is InChI=1S/C24BF20.C9H21N/c26-5-1(6(27)14(35)21(42)13(5)34)25(2-7(28)15(36)22(43)16(37)8(2)29,3-9(30)17(38)23(44)18(39)10(3)31)4-11(32)19(40)24(45)20(41)12(4)33;1-5-6-7-9(2)8-10(3)4/h;9H,5-8H2,1-4H3/q-1;/p+1. The number of quaternary nitrogens is 1. The number of nitrogens with one attached hydrogen (secondary N) is 1. The van der Waals surface area contributed by atoms with Crippen LogP contribution in [0.3, 0.4) is 0 Å². The third-order valence-corrected chi connectivity index (χ3v) is 8.51. The molecular weight excluding hydrogens is 801 g/mol. The van der Waals surface area contributed by atoms with E-state index in [1.165, 1.54) is 25.8 Å². The molecule has 55 heavy (non-hydrogen) atoms. The summed E-state index contributed by atoms with van der Waals surface area (Å²) in [5, 5.41) is 0. The molecule has 0 saturated heterocycles. The third-order valence-electron chi connectivity index (χ3n) is 8.51. The Morgan fingerprint density at radius 2 is 0.545 bits per heavy atom. The Hall–Kier alpha value is -4.50. The lowest BCUT2D eigenvalue weighted by Gasteiger charge is -2.44. The zero-order valence-corrected chi connectivity index (χ0v) is 28.0. The average molecular weight is 823 g/mol. The monoisotopic (exact) mass is 823 g/mol. The zero-order chi connectivity index (χ0) is 42.3. The van der Waals surface area contributed by atoms with Gasteiger partial charge < -0.3 is 4.90 Å². The summed E-state index contributed by atoms with van der Waals surface area (Å²) in [5.74, 6) is -70.5. The molecule has 4 aromatic rings. The van der Waals surface area contributed by atoms with E-state index in [1.807, 2.05) is 0 Å². The molecule has 0 aromatic heterocycles. The number of hydrogen-bond acceptors (Lipinski definition) is 0. The minimum Gasteiger partial charge on any atom is -0.340 e. The Bertz CT molecular complexity index is 1750. The highest BCUT2D eigenvalue weighted by atomic mass is 19.2. The van der Waals surface area contributed by atoms with Crippen molar-refractivity contribution in [3.8, 4) is 0 Å². The molecule has 4 rings (SSSR count). The van der Waals surface area contributed by atoms with Crippen LogP contribution in [0.25, 0.3) is 0 Å². The fourth-order valence-electron chi connectivity index (χ4n) is 6.23. The van der Waals surface area contributed by atoms with E-state index in [1.54, 1.807) is 4.90 Å². The fraction of sp³-hybridized carbons (Fsp3) is 0.273. The molecule has 0 heterocycles. The summed E-state index contributed by atoms with van der Waals surface area (Å²) in [4.78, 5) is 1.57. The number of benzene rings is 4. The van der Waals surface area contributed by atoms with Crippen molar-refractivity contribution in [1.82, 2.24) is 0 Å². The predicted molar refractivity (Wildman–Crippen MR) is 156 cm³/mol. The molecule has 0 bridgehead atoms. The van der Waals surface area contributed by atoms with Gasteiger partial charge in [0.25, 0.3) is 0 Å². The van der Waals surface area contributed by atoms with E-state index in [0.29, 0.717) is 0 Å². The van der Waals surface area contributed by atoms with E-state index < -0.39 is 144 Å². The van der Waals surface area contributed by atoms with Crippen LogP contribution in [0.15, 0.2) is 0 Å². The van der Waals surface area contributed by atoms with Gasteiger partial charge in [-0.05, 0) is 6.42 Å². The van der Waals surface area contributed by atoms with Crippen molar-refractivity contribution in [3.63, 3.8) is 0 Å². The topological polar surface area (TPSA) is 4.44 Å². The maximum Gasteiger partial charge on any atom is 0.200 e. The van der Waals surface area contributed by atoms with Crippen LogP contribution in [-0.2, 0) is 0 Å². The van der Waals surface area contributed by atoms with Gasteiger partial charge in [-0.2, -0.15) is 0 Å². The summed E-state index contributed by atoms with van der Waals surface area (Å²) in [6.07, 6.45) is -3.07. The Balaban J connectivity index is 0.000000712. The van der Waals surface area contributed by atoms with Crippen molar-refractivity contribution in [1.29, 1.82) is 0 Å². The molecular formula is C33H22BF20N. The number of unbranched alkanes of at least 4 members (excludes halogenated alkanes) is 1. The van der Waals surface area contributed by atoms with Crippen molar-refractivity contribution >= 4 is 28.0 Å². The Morgan fingerprint density at radius 3 is 0.709 bits per heavy atom. The number of rotatable bonds is 9. The van der Waals surface area contributed by atoms with Gasteiger partial charge in [-0.25, -0.2) is 87.8 Å². The maximum absolute atomic E-state index is 15.4. The molecule has 4 aromatic carbocycles. The molecule has 1 atom stereocenters. The largest absolute Gasteiger partial charge is 0.340 e. The highest BCUT2D eigenvalue weighted by Crippen LogP contribution is 2.30. The molecule has 1 nitrogen and oxygen atoms in total. The molecule has 302 valence electrons. The minimum atomic E-state index is -7.22. The quantitative estimate of drug-likeness (QED) is 0.0821. The van der Waals surface area contributed by atoms with Crippen molar-refractivity contribution in [3.05, 3.63) is 116 Å². The minimum absolute atomic E-state index is 0.907. The summed E-state index contributed by atoms with van der Waals surface area (Å²) in [6, 6.07) is 0. The van der Waals surface area contributed by atoms with Gasteiger partial charge in [-0.15, -0.1) is 21.9 Å². The molecule has 0 spiro atoms. The smallest absolute Gasteiger partial charge is 0.200 e. The van der Waals surface area contributed by atoms with Gasteiger partial charge in [-0.1, -0.05) is 26.7 Å². The van der Waals surface area contributed by atoms with Gasteiger partial charge in [0.1, 0.15) is 52.7 Å². The Morgan fingerprint density at radius 1 is 0.364 bits per heavy atom. The summed E-state index contributed by atoms with van der Waals surface area (Å²) < 4.78 is 294. The van der Waals surface area contributed by atoms with Crippen LogP contribution in [0.4, 0.5) is 87.8 Å². The van der Waals surface area contributed by atoms with Gasteiger partial charge in [-0.3, -0.25) is 0 Å². The van der Waals surface area contributed by atoms with Crippen molar-refractivity contribution < 1.29 is 92.7 Å². The van der Waals surface area contributed by atoms with Crippen LogP contribution in [0.1, 0.15) is 33.1 Å². The highest BCUT2D eigenvalue weighted by Gasteiger charge is 2.52. The van der Waals surface area contributed by atoms with Crippen LogP contribution in [0.5, 0.6) is 0 Å². The molecule has 0 aliphatic heterocycles. The molecule has 0 saturated carbocycles. The number of hydrogen-bond donors (Lipinski definition) is 1. The lowest BCUT2D eigenvalue weighted by molar-refractivity contribution is -0.861. The molecule has 1 unspecified atom stereocenters. The first-order chi connectivity index (χ1) is 25.4. The normalized spacial score (nSPS) is 12.4. The summed E-state index contributed by atoms with van der Waals surface area (Å²) in [5.41, 5.74) is -14.3. The highest BCUT2D eigenvalue weighted by molar-refractivity contribution is 7.20. The third kappa shape index (κ3) is 7.32. The van der Waals surface area contributed by atoms with Gasteiger partial charge in [0.2, 0.25) is 0 Å².